The monoisotopic (exact) mass is 350 g/mol. The summed E-state index contributed by atoms with van der Waals surface area (Å²) in [6.07, 6.45) is 7.73. The van der Waals surface area contributed by atoms with Crippen molar-refractivity contribution in [3.8, 4) is 0 Å². The molecule has 138 valence electrons. The highest BCUT2D eigenvalue weighted by molar-refractivity contribution is 5.88. The van der Waals surface area contributed by atoms with Crippen LogP contribution in [0.1, 0.15) is 57.2 Å². The fourth-order valence-electron chi connectivity index (χ4n) is 3.90. The number of nitrogens with one attached hydrogen (secondary N) is 1. The van der Waals surface area contributed by atoms with E-state index in [9.17, 15) is 14.4 Å². The number of hydrogen-bond acceptors (Lipinski definition) is 5. The molecule has 0 spiro atoms. The van der Waals surface area contributed by atoms with E-state index < -0.39 is 11.5 Å². The number of aryl methyl sites for hydroxylation is 1. The molecule has 1 fully saturated rings. The molecular weight excluding hydrogens is 324 g/mol. The Morgan fingerprint density at radius 1 is 1.16 bits per heavy atom. The molecule has 0 aromatic carbocycles. The second-order valence-electron chi connectivity index (χ2n) is 7.00. The molecule has 1 N–H and O–H groups in total. The topological polar surface area (TPSA) is 95.2 Å². The summed E-state index contributed by atoms with van der Waals surface area (Å²) in [6.45, 7) is 0.486. The lowest BCUT2D eigenvalue weighted by Gasteiger charge is -2.35. The van der Waals surface area contributed by atoms with Crippen LogP contribution in [-0.4, -0.2) is 38.9 Å². The normalized spacial score (nSPS) is 19.6. The number of carbonyl (C=O) groups is 2. The minimum Gasteiger partial charge on any atom is -0.467 e. The van der Waals surface area contributed by atoms with Gasteiger partial charge in [0, 0.05) is 13.0 Å². The first-order valence-electron chi connectivity index (χ1n) is 9.12. The van der Waals surface area contributed by atoms with Crippen molar-refractivity contribution in [2.24, 2.45) is 0 Å². The predicted octanol–water partition coefficient (Wildman–Crippen LogP) is 0.763. The summed E-state index contributed by atoms with van der Waals surface area (Å²) in [5.74, 6) is -0.0353. The number of amides is 1. The molecule has 0 unspecified atom stereocenters. The maximum absolute atomic E-state index is 12.5. The molecule has 1 saturated carbocycles. The van der Waals surface area contributed by atoms with E-state index >= 15 is 0 Å². The Labute approximate surface area is 146 Å². The van der Waals surface area contributed by atoms with Crippen molar-refractivity contribution in [3.63, 3.8) is 0 Å². The lowest BCUT2D eigenvalue weighted by Crippen LogP contribution is -2.57. The molecule has 2 heterocycles. The summed E-state index contributed by atoms with van der Waals surface area (Å²) in [4.78, 5) is 37.2. The Morgan fingerprint density at radius 3 is 2.60 bits per heavy atom. The maximum atomic E-state index is 12.5. The predicted molar refractivity (Wildman–Crippen MR) is 90.0 cm³/mol. The van der Waals surface area contributed by atoms with E-state index in [1.165, 1.54) is 11.8 Å². The van der Waals surface area contributed by atoms with Gasteiger partial charge in [0.05, 0.1) is 7.11 Å². The zero-order chi connectivity index (χ0) is 17.9. The number of rotatable bonds is 4. The van der Waals surface area contributed by atoms with Crippen LogP contribution in [-0.2, 0) is 33.8 Å². The fourth-order valence-corrected chi connectivity index (χ4v) is 3.90. The summed E-state index contributed by atoms with van der Waals surface area (Å²) >= 11 is 0. The van der Waals surface area contributed by atoms with Crippen molar-refractivity contribution >= 4 is 11.9 Å². The molecule has 1 aliphatic carbocycles. The molecule has 1 aromatic rings. The SMILES string of the molecule is COC(=O)C1(NC(=O)Cn2nc3n(c2=O)CCCCC3)CCCCC1. The van der Waals surface area contributed by atoms with Crippen molar-refractivity contribution in [3.05, 3.63) is 16.3 Å². The highest BCUT2D eigenvalue weighted by atomic mass is 16.5. The third kappa shape index (κ3) is 3.62. The summed E-state index contributed by atoms with van der Waals surface area (Å²) in [5.41, 5.74) is -1.22. The van der Waals surface area contributed by atoms with Crippen LogP contribution >= 0.6 is 0 Å². The zero-order valence-electron chi connectivity index (χ0n) is 14.8. The lowest BCUT2D eigenvalue weighted by atomic mass is 9.81. The summed E-state index contributed by atoms with van der Waals surface area (Å²) in [6, 6.07) is 0. The summed E-state index contributed by atoms with van der Waals surface area (Å²) in [7, 11) is 1.34. The van der Waals surface area contributed by atoms with Crippen molar-refractivity contribution in [2.75, 3.05) is 7.11 Å². The number of aromatic nitrogens is 3. The third-order valence-electron chi connectivity index (χ3n) is 5.24. The molecule has 3 rings (SSSR count). The van der Waals surface area contributed by atoms with Gasteiger partial charge in [0.25, 0.3) is 0 Å². The van der Waals surface area contributed by atoms with Gasteiger partial charge in [-0.3, -0.25) is 9.36 Å². The molecule has 8 nitrogen and oxygen atoms in total. The van der Waals surface area contributed by atoms with Gasteiger partial charge in [-0.05, 0) is 25.7 Å². The number of nitrogens with zero attached hydrogens (tertiary/aromatic N) is 3. The van der Waals surface area contributed by atoms with Crippen LogP contribution in [0.4, 0.5) is 0 Å². The van der Waals surface area contributed by atoms with Crippen molar-refractivity contribution in [2.45, 2.75) is 76.4 Å². The highest BCUT2D eigenvalue weighted by Crippen LogP contribution is 2.29. The zero-order valence-corrected chi connectivity index (χ0v) is 14.8. The molecular formula is C17H26N4O4. The minimum absolute atomic E-state index is 0.169. The Morgan fingerprint density at radius 2 is 1.88 bits per heavy atom. The Hall–Kier alpha value is -2.12. The number of carbonyl (C=O) groups excluding carboxylic acids is 2. The van der Waals surface area contributed by atoms with Gasteiger partial charge in [-0.25, -0.2) is 14.3 Å². The molecule has 0 bridgehead atoms. The molecule has 0 saturated heterocycles. The number of esters is 1. The van der Waals surface area contributed by atoms with E-state index in [0.717, 1.165) is 50.8 Å². The van der Waals surface area contributed by atoms with E-state index in [2.05, 4.69) is 10.4 Å². The Balaban J connectivity index is 1.73. The van der Waals surface area contributed by atoms with E-state index in [1.807, 2.05) is 0 Å². The van der Waals surface area contributed by atoms with Crippen LogP contribution in [0.25, 0.3) is 0 Å². The number of ether oxygens (including phenoxy) is 1. The Kier molecular flexibility index (Phi) is 5.24. The van der Waals surface area contributed by atoms with Gasteiger partial charge in [-0.1, -0.05) is 25.7 Å². The average molecular weight is 350 g/mol. The van der Waals surface area contributed by atoms with Crippen molar-refractivity contribution < 1.29 is 14.3 Å². The average Bonchev–Trinajstić information content (AvgIpc) is 2.78. The Bertz CT molecular complexity index is 700. The van der Waals surface area contributed by atoms with E-state index in [0.29, 0.717) is 19.4 Å². The van der Waals surface area contributed by atoms with Crippen LogP contribution in [0.2, 0.25) is 0 Å². The first-order chi connectivity index (χ1) is 12.1. The van der Waals surface area contributed by atoms with Crippen molar-refractivity contribution in [1.82, 2.24) is 19.7 Å². The van der Waals surface area contributed by atoms with Crippen LogP contribution in [0.3, 0.4) is 0 Å². The number of fused-ring (bicyclic) bond motifs is 1. The molecule has 8 heteroatoms. The molecule has 1 aromatic heterocycles. The maximum Gasteiger partial charge on any atom is 0.346 e. The lowest BCUT2D eigenvalue weighted by molar-refractivity contribution is -0.152. The largest absolute Gasteiger partial charge is 0.467 e. The van der Waals surface area contributed by atoms with Gasteiger partial charge in [-0.15, -0.1) is 0 Å². The quantitative estimate of drug-likeness (QED) is 0.809. The van der Waals surface area contributed by atoms with Crippen LogP contribution in [0.15, 0.2) is 4.79 Å². The van der Waals surface area contributed by atoms with Gasteiger partial charge in [0.1, 0.15) is 17.9 Å². The molecule has 2 aliphatic rings. The number of methoxy groups -OCH3 is 1. The van der Waals surface area contributed by atoms with Crippen LogP contribution < -0.4 is 11.0 Å². The van der Waals surface area contributed by atoms with Gasteiger partial charge in [-0.2, -0.15) is 5.10 Å². The van der Waals surface area contributed by atoms with Crippen LogP contribution in [0, 0.1) is 0 Å². The van der Waals surface area contributed by atoms with Gasteiger partial charge >= 0.3 is 11.7 Å². The summed E-state index contributed by atoms with van der Waals surface area (Å²) < 4.78 is 7.78. The standard InChI is InChI=1S/C17H26N4O4/c1-25-15(23)17(9-5-3-6-10-17)18-14(22)12-21-16(24)20-11-7-2-4-8-13(20)19-21/h2-12H2,1H3,(H,18,22). The molecule has 25 heavy (non-hydrogen) atoms. The fraction of sp³-hybridized carbons (Fsp3) is 0.765. The molecule has 1 aliphatic heterocycles. The second kappa shape index (κ2) is 7.41. The first kappa shape index (κ1) is 17.7. The second-order valence-corrected chi connectivity index (χ2v) is 7.00. The van der Waals surface area contributed by atoms with E-state index in [-0.39, 0.29) is 18.1 Å². The smallest absolute Gasteiger partial charge is 0.346 e. The van der Waals surface area contributed by atoms with Gasteiger partial charge < -0.3 is 10.1 Å². The highest BCUT2D eigenvalue weighted by Gasteiger charge is 2.42. The van der Waals surface area contributed by atoms with Crippen LogP contribution in [0.5, 0.6) is 0 Å². The van der Waals surface area contributed by atoms with Crippen molar-refractivity contribution in [1.29, 1.82) is 0 Å². The molecule has 1 amide bonds. The van der Waals surface area contributed by atoms with Gasteiger partial charge in [0.15, 0.2) is 0 Å². The first-order valence-corrected chi connectivity index (χ1v) is 9.12. The summed E-state index contributed by atoms with van der Waals surface area (Å²) in [5, 5.41) is 7.15. The minimum atomic E-state index is -0.968. The van der Waals surface area contributed by atoms with E-state index in [1.54, 1.807) is 4.57 Å². The number of hydrogen-bond donors (Lipinski definition) is 1. The molecule has 0 atom stereocenters. The van der Waals surface area contributed by atoms with E-state index in [4.69, 9.17) is 4.74 Å². The molecule has 0 radical (unpaired) electrons. The third-order valence-corrected chi connectivity index (χ3v) is 5.24. The van der Waals surface area contributed by atoms with Gasteiger partial charge in [0.2, 0.25) is 5.91 Å².